The van der Waals surface area contributed by atoms with E-state index in [1.807, 2.05) is 0 Å². The van der Waals surface area contributed by atoms with Crippen molar-refractivity contribution in [3.8, 4) is 0 Å². The van der Waals surface area contributed by atoms with Gasteiger partial charge in [-0.1, -0.05) is 16.7 Å². The predicted molar refractivity (Wildman–Crippen MR) is 86.7 cm³/mol. The van der Waals surface area contributed by atoms with Gasteiger partial charge in [-0.15, -0.1) is 5.10 Å². The van der Waals surface area contributed by atoms with E-state index >= 15 is 0 Å². The molecule has 1 heterocycles. The standard InChI is InChI=1S/C10H8ClIN6OS/c1-18-16-9(15-17-18)14-10(20)13-8(19)6-4-5(12)2-3-7(6)11/h2-4H,1H3,(H2,13,14,16,19,20). The van der Waals surface area contributed by atoms with E-state index in [0.29, 0.717) is 10.6 Å². The van der Waals surface area contributed by atoms with Crippen LogP contribution >= 0.6 is 46.4 Å². The second-order valence-corrected chi connectivity index (χ2v) is 5.70. The van der Waals surface area contributed by atoms with Crippen LogP contribution in [0.1, 0.15) is 10.4 Å². The molecule has 104 valence electrons. The summed E-state index contributed by atoms with van der Waals surface area (Å²) in [6.45, 7) is 0. The fourth-order valence-electron chi connectivity index (χ4n) is 1.31. The summed E-state index contributed by atoms with van der Waals surface area (Å²) in [5, 5.41) is 16.8. The zero-order valence-electron chi connectivity index (χ0n) is 10.1. The van der Waals surface area contributed by atoms with Gasteiger partial charge in [-0.2, -0.15) is 4.80 Å². The van der Waals surface area contributed by atoms with E-state index in [2.05, 4.69) is 48.6 Å². The second-order valence-electron chi connectivity index (χ2n) is 3.63. The molecule has 0 radical (unpaired) electrons. The third-order valence-electron chi connectivity index (χ3n) is 2.13. The minimum atomic E-state index is -0.407. The first-order valence-electron chi connectivity index (χ1n) is 5.27. The Kier molecular flexibility index (Phi) is 4.83. The lowest BCUT2D eigenvalue weighted by atomic mass is 10.2. The molecule has 7 nitrogen and oxygen atoms in total. The molecule has 2 N–H and O–H groups in total. The first-order chi connectivity index (χ1) is 9.45. The van der Waals surface area contributed by atoms with Gasteiger partial charge in [-0.25, -0.2) is 0 Å². The maximum Gasteiger partial charge on any atom is 0.269 e. The molecule has 10 heteroatoms. The quantitative estimate of drug-likeness (QED) is 0.565. The van der Waals surface area contributed by atoms with Crippen LogP contribution in [-0.2, 0) is 7.05 Å². The molecule has 0 fully saturated rings. The van der Waals surface area contributed by atoms with E-state index in [-0.39, 0.29) is 11.1 Å². The lowest BCUT2D eigenvalue weighted by molar-refractivity contribution is 0.0978. The normalized spacial score (nSPS) is 10.2. The van der Waals surface area contributed by atoms with Crippen molar-refractivity contribution in [2.24, 2.45) is 7.05 Å². The van der Waals surface area contributed by atoms with E-state index < -0.39 is 5.91 Å². The average molecular weight is 423 g/mol. The minimum Gasteiger partial charge on any atom is -0.299 e. The summed E-state index contributed by atoms with van der Waals surface area (Å²) in [5.41, 5.74) is 0.342. The number of halogens is 2. The maximum atomic E-state index is 12.0. The highest BCUT2D eigenvalue weighted by Gasteiger charge is 2.13. The Morgan fingerprint density at radius 3 is 2.90 bits per heavy atom. The van der Waals surface area contributed by atoms with Crippen LogP contribution in [0.4, 0.5) is 5.95 Å². The summed E-state index contributed by atoms with van der Waals surface area (Å²) < 4.78 is 0.895. The summed E-state index contributed by atoms with van der Waals surface area (Å²) in [6, 6.07) is 5.13. The van der Waals surface area contributed by atoms with Crippen LogP contribution < -0.4 is 10.6 Å². The molecule has 0 bridgehead atoms. The molecule has 0 aliphatic rings. The molecule has 0 unspecified atom stereocenters. The molecule has 0 spiro atoms. The van der Waals surface area contributed by atoms with Crippen molar-refractivity contribution in [2.45, 2.75) is 0 Å². The largest absolute Gasteiger partial charge is 0.299 e. The monoisotopic (exact) mass is 422 g/mol. The summed E-state index contributed by atoms with van der Waals surface area (Å²) in [5.74, 6) is -0.207. The van der Waals surface area contributed by atoms with E-state index in [9.17, 15) is 4.79 Å². The number of nitrogens with zero attached hydrogens (tertiary/aromatic N) is 4. The molecule has 1 aromatic carbocycles. The Hall–Kier alpha value is -1.33. The van der Waals surface area contributed by atoms with Gasteiger partial charge in [0, 0.05) is 3.57 Å². The highest BCUT2D eigenvalue weighted by atomic mass is 127. The van der Waals surface area contributed by atoms with Crippen molar-refractivity contribution in [3.63, 3.8) is 0 Å². The van der Waals surface area contributed by atoms with Gasteiger partial charge in [0.05, 0.1) is 17.6 Å². The maximum absolute atomic E-state index is 12.0. The Morgan fingerprint density at radius 1 is 1.50 bits per heavy atom. The lowest BCUT2D eigenvalue weighted by Crippen LogP contribution is -2.34. The Balaban J connectivity index is 2.04. The van der Waals surface area contributed by atoms with Gasteiger partial charge in [-0.3, -0.25) is 15.4 Å². The third-order valence-corrected chi connectivity index (χ3v) is 3.34. The minimum absolute atomic E-state index is 0.0675. The fraction of sp³-hybridized carbons (Fsp3) is 0.100. The van der Waals surface area contributed by atoms with Crippen LogP contribution in [-0.4, -0.2) is 31.2 Å². The number of benzene rings is 1. The number of aryl methyl sites for hydroxylation is 1. The third kappa shape index (κ3) is 3.84. The zero-order chi connectivity index (χ0) is 14.7. The molecular weight excluding hydrogens is 415 g/mol. The Labute approximate surface area is 138 Å². The second kappa shape index (κ2) is 6.41. The van der Waals surface area contributed by atoms with Crippen LogP contribution in [0.2, 0.25) is 5.02 Å². The Bertz CT molecular complexity index is 676. The fourth-order valence-corrected chi connectivity index (χ4v) is 2.19. The SMILES string of the molecule is Cn1nnc(NC(=S)NC(=O)c2cc(I)ccc2Cl)n1. The number of carbonyl (C=O) groups excluding carboxylic acids is 1. The van der Waals surface area contributed by atoms with Gasteiger partial charge in [0.15, 0.2) is 5.11 Å². The molecule has 1 amide bonds. The van der Waals surface area contributed by atoms with Crippen LogP contribution in [0.3, 0.4) is 0 Å². The molecule has 0 aliphatic carbocycles. The number of anilines is 1. The van der Waals surface area contributed by atoms with Crippen LogP contribution in [0, 0.1) is 3.57 Å². The molecule has 0 atom stereocenters. The molecule has 0 saturated heterocycles. The number of tetrazole rings is 1. The first-order valence-corrected chi connectivity index (χ1v) is 7.13. The van der Waals surface area contributed by atoms with E-state index in [1.165, 1.54) is 4.80 Å². The number of hydrogen-bond acceptors (Lipinski definition) is 5. The number of hydrogen-bond donors (Lipinski definition) is 2. The van der Waals surface area contributed by atoms with Crippen molar-refractivity contribution >= 4 is 63.4 Å². The van der Waals surface area contributed by atoms with Crippen molar-refractivity contribution in [1.29, 1.82) is 0 Å². The number of amides is 1. The molecule has 2 rings (SSSR count). The molecule has 2 aromatic rings. The number of carbonyl (C=O) groups is 1. The smallest absolute Gasteiger partial charge is 0.269 e. The molecule has 0 saturated carbocycles. The summed E-state index contributed by atoms with van der Waals surface area (Å²) in [4.78, 5) is 13.3. The molecule has 1 aromatic heterocycles. The van der Waals surface area contributed by atoms with Gasteiger partial charge in [-0.05, 0) is 58.2 Å². The molecule has 20 heavy (non-hydrogen) atoms. The van der Waals surface area contributed by atoms with E-state index in [4.69, 9.17) is 23.8 Å². The van der Waals surface area contributed by atoms with Gasteiger partial charge < -0.3 is 0 Å². The van der Waals surface area contributed by atoms with E-state index in [0.717, 1.165) is 3.57 Å². The summed E-state index contributed by atoms with van der Waals surface area (Å²) >= 11 is 13.1. The topological polar surface area (TPSA) is 84.7 Å². The van der Waals surface area contributed by atoms with Crippen LogP contribution in [0.15, 0.2) is 18.2 Å². The summed E-state index contributed by atoms with van der Waals surface area (Å²) in [6.07, 6.45) is 0. The molecule has 0 aliphatic heterocycles. The zero-order valence-corrected chi connectivity index (χ0v) is 13.8. The number of nitrogens with one attached hydrogen (secondary N) is 2. The van der Waals surface area contributed by atoms with Gasteiger partial charge >= 0.3 is 0 Å². The van der Waals surface area contributed by atoms with Crippen LogP contribution in [0.5, 0.6) is 0 Å². The van der Waals surface area contributed by atoms with Crippen molar-refractivity contribution < 1.29 is 4.79 Å². The van der Waals surface area contributed by atoms with Gasteiger partial charge in [0.25, 0.3) is 11.9 Å². The van der Waals surface area contributed by atoms with Gasteiger partial charge in [0.2, 0.25) is 0 Å². The first kappa shape index (κ1) is 15.1. The van der Waals surface area contributed by atoms with Crippen molar-refractivity contribution in [3.05, 3.63) is 32.4 Å². The number of rotatable bonds is 2. The highest BCUT2D eigenvalue weighted by Crippen LogP contribution is 2.18. The van der Waals surface area contributed by atoms with Crippen LogP contribution in [0.25, 0.3) is 0 Å². The van der Waals surface area contributed by atoms with Gasteiger partial charge in [0.1, 0.15) is 0 Å². The lowest BCUT2D eigenvalue weighted by Gasteiger charge is -2.08. The van der Waals surface area contributed by atoms with E-state index in [1.54, 1.807) is 25.2 Å². The van der Waals surface area contributed by atoms with Crippen molar-refractivity contribution in [1.82, 2.24) is 25.5 Å². The summed E-state index contributed by atoms with van der Waals surface area (Å²) in [7, 11) is 1.62. The van der Waals surface area contributed by atoms with Crippen molar-refractivity contribution in [2.75, 3.05) is 5.32 Å². The average Bonchev–Trinajstić information content (AvgIpc) is 2.77. The molecular formula is C10H8ClIN6OS. The predicted octanol–water partition coefficient (Wildman–Crippen LogP) is 1.59. The highest BCUT2D eigenvalue weighted by molar-refractivity contribution is 14.1. The Morgan fingerprint density at radius 2 is 2.25 bits per heavy atom. The number of aromatic nitrogens is 4. The number of thiocarbonyl (C=S) groups is 1.